The number of anilines is 2. The molecule has 14 heteroatoms. The van der Waals surface area contributed by atoms with E-state index in [1.54, 1.807) is 17.0 Å². The van der Waals surface area contributed by atoms with E-state index in [-0.39, 0.29) is 40.5 Å². The van der Waals surface area contributed by atoms with Crippen LogP contribution in [0.25, 0.3) is 0 Å². The third kappa shape index (κ3) is 4.39. The highest BCUT2D eigenvalue weighted by atomic mass is 32.2. The Hall–Kier alpha value is -3.36. The van der Waals surface area contributed by atoms with Gasteiger partial charge in [0.1, 0.15) is 16.5 Å². The van der Waals surface area contributed by atoms with E-state index in [1.807, 2.05) is 0 Å². The van der Waals surface area contributed by atoms with Gasteiger partial charge in [0.2, 0.25) is 15.9 Å². The number of carbonyl (C=O) groups is 2. The SMILES string of the molecule is CS(=O)(=O)Nc1ccc2c(c1)S(=O)(=O)N=C(C1C(=O)C3C([C@@H]4CC(O)[C@H]3C4)N(Cc3ccc(F)cc3)C1=O)N2. The highest BCUT2D eigenvalue weighted by molar-refractivity contribution is 7.92. The van der Waals surface area contributed by atoms with Crippen molar-refractivity contribution in [3.63, 3.8) is 0 Å². The Bertz CT molecular complexity index is 1640. The van der Waals surface area contributed by atoms with Crippen LogP contribution in [0.5, 0.6) is 0 Å². The summed E-state index contributed by atoms with van der Waals surface area (Å²) in [7, 11) is -8.09. The van der Waals surface area contributed by atoms with Gasteiger partial charge in [0.05, 0.1) is 18.0 Å². The number of likely N-dealkylation sites (tertiary alicyclic amines) is 1. The lowest BCUT2D eigenvalue weighted by atomic mass is 9.72. The summed E-state index contributed by atoms with van der Waals surface area (Å²) < 4.78 is 69.0. The first-order chi connectivity index (χ1) is 18.3. The lowest BCUT2D eigenvalue weighted by Gasteiger charge is -2.46. The highest BCUT2D eigenvalue weighted by Gasteiger charge is 2.63. The number of halogens is 1. The number of carbonyl (C=O) groups excluding carboxylic acids is 2. The van der Waals surface area contributed by atoms with Gasteiger partial charge in [0, 0.05) is 24.2 Å². The smallest absolute Gasteiger partial charge is 0.286 e. The molecule has 4 aliphatic rings. The molecule has 2 aromatic carbocycles. The second-order valence-corrected chi connectivity index (χ2v) is 13.9. The molecule has 11 nitrogen and oxygen atoms in total. The van der Waals surface area contributed by atoms with Gasteiger partial charge < -0.3 is 15.3 Å². The van der Waals surface area contributed by atoms with Crippen molar-refractivity contribution >= 4 is 48.9 Å². The van der Waals surface area contributed by atoms with Gasteiger partial charge in [-0.3, -0.25) is 14.3 Å². The van der Waals surface area contributed by atoms with Crippen molar-refractivity contribution in [2.24, 2.45) is 28.1 Å². The van der Waals surface area contributed by atoms with E-state index in [0.29, 0.717) is 18.4 Å². The van der Waals surface area contributed by atoms with Crippen LogP contribution in [0.1, 0.15) is 18.4 Å². The molecule has 4 unspecified atom stereocenters. The molecule has 3 N–H and O–H groups in total. The molecule has 3 fully saturated rings. The van der Waals surface area contributed by atoms with Gasteiger partial charge in [-0.25, -0.2) is 12.8 Å². The molecule has 2 aromatic rings. The number of ketones is 1. The number of hydrogen-bond donors (Lipinski definition) is 3. The molecule has 2 bridgehead atoms. The molecule has 2 aliphatic heterocycles. The van der Waals surface area contributed by atoms with Crippen molar-refractivity contribution in [3.05, 3.63) is 53.8 Å². The van der Waals surface area contributed by atoms with E-state index in [4.69, 9.17) is 0 Å². The fourth-order valence-corrected chi connectivity index (χ4v) is 8.29. The molecule has 0 radical (unpaired) electrons. The molecule has 2 aliphatic carbocycles. The Morgan fingerprint density at radius 3 is 2.56 bits per heavy atom. The molecular weight excluding hydrogens is 551 g/mol. The number of aliphatic hydroxyl groups is 1. The van der Waals surface area contributed by atoms with Crippen LogP contribution in [0.4, 0.5) is 15.8 Å². The number of benzene rings is 2. The molecule has 0 spiro atoms. The summed E-state index contributed by atoms with van der Waals surface area (Å²) >= 11 is 0. The number of amidine groups is 1. The van der Waals surface area contributed by atoms with Crippen LogP contribution in [0.15, 0.2) is 51.8 Å². The third-order valence-electron chi connectivity index (χ3n) is 8.01. The van der Waals surface area contributed by atoms with Gasteiger partial charge in [0.15, 0.2) is 11.7 Å². The predicted molar refractivity (Wildman–Crippen MR) is 138 cm³/mol. The quantitative estimate of drug-likeness (QED) is 0.449. The van der Waals surface area contributed by atoms with E-state index in [9.17, 15) is 35.9 Å². The number of nitrogens with zero attached hydrogens (tertiary/aromatic N) is 2. The number of aliphatic hydroxyl groups excluding tert-OH is 1. The summed E-state index contributed by atoms with van der Waals surface area (Å²) in [5, 5.41) is 13.4. The van der Waals surface area contributed by atoms with Crippen molar-refractivity contribution < 1.29 is 35.9 Å². The Kier molecular flexibility index (Phi) is 5.86. The van der Waals surface area contributed by atoms with Crippen molar-refractivity contribution in [1.82, 2.24) is 4.90 Å². The molecule has 1 saturated heterocycles. The van der Waals surface area contributed by atoms with Crippen LogP contribution in [-0.4, -0.2) is 62.8 Å². The second-order valence-electron chi connectivity index (χ2n) is 10.6. The number of amides is 1. The largest absolute Gasteiger partial charge is 0.393 e. The highest BCUT2D eigenvalue weighted by Crippen LogP contribution is 2.54. The minimum atomic E-state index is -4.41. The summed E-state index contributed by atoms with van der Waals surface area (Å²) in [5.41, 5.74) is 0.691. The normalized spacial score (nSPS) is 30.8. The van der Waals surface area contributed by atoms with Crippen LogP contribution < -0.4 is 10.0 Å². The van der Waals surface area contributed by atoms with Gasteiger partial charge in [-0.2, -0.15) is 8.42 Å². The summed E-state index contributed by atoms with van der Waals surface area (Å²) in [6.07, 6.45) is 1.25. The van der Waals surface area contributed by atoms with Crippen LogP contribution in [-0.2, 0) is 36.2 Å². The zero-order chi connectivity index (χ0) is 27.9. The van der Waals surface area contributed by atoms with E-state index in [2.05, 4.69) is 14.4 Å². The first kappa shape index (κ1) is 25.9. The van der Waals surface area contributed by atoms with Crippen LogP contribution in [0.2, 0.25) is 0 Å². The average Bonchev–Trinajstić information content (AvgIpc) is 3.40. The van der Waals surface area contributed by atoms with Crippen LogP contribution in [0, 0.1) is 29.5 Å². The summed E-state index contributed by atoms with van der Waals surface area (Å²) in [6.45, 7) is 0.0838. The van der Waals surface area contributed by atoms with Crippen molar-refractivity contribution in [2.45, 2.75) is 36.4 Å². The third-order valence-corrected chi connectivity index (χ3v) is 9.95. The van der Waals surface area contributed by atoms with Gasteiger partial charge >= 0.3 is 0 Å². The van der Waals surface area contributed by atoms with Crippen molar-refractivity contribution in [2.75, 3.05) is 16.3 Å². The monoisotopic (exact) mass is 576 g/mol. The second kappa shape index (κ2) is 8.83. The number of Topliss-reactive ketones (excluding diaryl/α,β-unsaturated/α-hetero) is 1. The van der Waals surface area contributed by atoms with Gasteiger partial charge in [-0.1, -0.05) is 12.1 Å². The Balaban J connectivity index is 1.38. The van der Waals surface area contributed by atoms with E-state index in [1.165, 1.54) is 24.3 Å². The van der Waals surface area contributed by atoms with Gasteiger partial charge in [-0.05, 0) is 60.6 Å². The first-order valence-electron chi connectivity index (χ1n) is 12.3. The lowest BCUT2D eigenvalue weighted by Crippen LogP contribution is -2.62. The number of rotatable bonds is 5. The molecule has 2 saturated carbocycles. The van der Waals surface area contributed by atoms with E-state index >= 15 is 0 Å². The molecule has 206 valence electrons. The zero-order valence-electron chi connectivity index (χ0n) is 20.6. The summed E-state index contributed by atoms with van der Waals surface area (Å²) in [5.74, 6) is -4.59. The summed E-state index contributed by atoms with van der Waals surface area (Å²) in [4.78, 5) is 29.0. The maximum atomic E-state index is 13.9. The van der Waals surface area contributed by atoms with Crippen LogP contribution in [0.3, 0.4) is 0 Å². The Morgan fingerprint density at radius 1 is 1.15 bits per heavy atom. The molecule has 39 heavy (non-hydrogen) atoms. The van der Waals surface area contributed by atoms with E-state index < -0.39 is 61.5 Å². The van der Waals surface area contributed by atoms with E-state index in [0.717, 1.165) is 12.3 Å². The number of hydrogen-bond acceptors (Lipinski definition) is 8. The first-order valence-corrected chi connectivity index (χ1v) is 15.7. The molecule has 6 atom stereocenters. The zero-order valence-corrected chi connectivity index (χ0v) is 22.2. The number of sulfonamides is 2. The summed E-state index contributed by atoms with van der Waals surface area (Å²) in [6, 6.07) is 8.96. The van der Waals surface area contributed by atoms with Crippen molar-refractivity contribution in [3.8, 4) is 0 Å². The predicted octanol–water partition coefficient (Wildman–Crippen LogP) is 1.32. The maximum absolute atomic E-state index is 13.9. The molecular formula is C25H25FN4O7S2. The number of fused-ring (bicyclic) bond motifs is 6. The number of piperidine rings is 1. The van der Waals surface area contributed by atoms with Crippen molar-refractivity contribution in [1.29, 1.82) is 0 Å². The van der Waals surface area contributed by atoms with Gasteiger partial charge in [-0.15, -0.1) is 4.40 Å². The lowest BCUT2D eigenvalue weighted by molar-refractivity contribution is -0.155. The maximum Gasteiger partial charge on any atom is 0.286 e. The molecule has 2 heterocycles. The molecule has 6 rings (SSSR count). The van der Waals surface area contributed by atoms with Gasteiger partial charge in [0.25, 0.3) is 10.0 Å². The Morgan fingerprint density at radius 2 is 1.87 bits per heavy atom. The fourth-order valence-electron chi connectivity index (χ4n) is 6.56. The molecule has 0 aromatic heterocycles. The number of nitrogens with one attached hydrogen (secondary N) is 2. The minimum Gasteiger partial charge on any atom is -0.393 e. The Labute approximate surface area is 224 Å². The average molecular weight is 577 g/mol. The standard InChI is InChI=1S/C25H25FN4O7S2/c1-38(34,35)28-15-6-7-17-19(10-15)39(36,37)29-24(27-17)21-23(32)20-16-8-13(9-18(16)31)22(20)30(25(21)33)11-12-2-4-14(26)5-3-12/h2-7,10,13,16,18,20-22,28,31H,8-9,11H2,1H3,(H,27,29)/t13-,16+,18?,20?,21?,22?/m0/s1. The fraction of sp³-hybridized carbons (Fsp3) is 0.400. The minimum absolute atomic E-state index is 0.00868. The topological polar surface area (TPSA) is 162 Å². The molecule has 1 amide bonds. The van der Waals surface area contributed by atoms with Crippen LogP contribution >= 0.6 is 0 Å².